The second-order valence-corrected chi connectivity index (χ2v) is 6.61. The van der Waals surface area contributed by atoms with Gasteiger partial charge in [-0.2, -0.15) is 5.10 Å². The molecule has 4 heterocycles. The first kappa shape index (κ1) is 16.1. The maximum atomic E-state index is 10.3. The molecule has 1 saturated heterocycles. The van der Waals surface area contributed by atoms with Gasteiger partial charge in [0.05, 0.1) is 19.0 Å². The molecule has 3 aromatic heterocycles. The predicted molar refractivity (Wildman–Crippen MR) is 90.4 cm³/mol. The summed E-state index contributed by atoms with van der Waals surface area (Å²) in [7, 11) is 1.88. The van der Waals surface area contributed by atoms with Crippen molar-refractivity contribution in [3.05, 3.63) is 48.4 Å². The summed E-state index contributed by atoms with van der Waals surface area (Å²) in [4.78, 5) is 2.35. The number of furan rings is 1. The van der Waals surface area contributed by atoms with Crippen molar-refractivity contribution in [2.75, 3.05) is 6.54 Å². The van der Waals surface area contributed by atoms with Crippen LogP contribution in [0.4, 0.5) is 0 Å². The molecule has 3 aromatic rings. The molecule has 0 aliphatic carbocycles. The minimum Gasteiger partial charge on any atom is -0.467 e. The van der Waals surface area contributed by atoms with E-state index in [0.29, 0.717) is 24.8 Å². The number of hydrogen-bond donors (Lipinski definition) is 1. The van der Waals surface area contributed by atoms with Crippen molar-refractivity contribution < 1.29 is 14.0 Å². The maximum absolute atomic E-state index is 10.3. The molecule has 2 atom stereocenters. The SMILES string of the molecule is Cn1cc(-c2cc(CN3CCC[C@@H]3C[C@H](O)c3ccco3)on2)cn1. The Bertz CT molecular complexity index is 808. The molecule has 0 aromatic carbocycles. The Hall–Kier alpha value is -2.38. The summed E-state index contributed by atoms with van der Waals surface area (Å²) in [5.74, 6) is 1.46. The minimum absolute atomic E-state index is 0.312. The fourth-order valence-electron chi connectivity index (χ4n) is 3.50. The molecule has 1 N–H and O–H groups in total. The van der Waals surface area contributed by atoms with E-state index in [0.717, 1.165) is 36.4 Å². The van der Waals surface area contributed by atoms with Gasteiger partial charge in [0.25, 0.3) is 0 Å². The minimum atomic E-state index is -0.568. The summed E-state index contributed by atoms with van der Waals surface area (Å²) in [5, 5.41) is 18.7. The van der Waals surface area contributed by atoms with Crippen molar-refractivity contribution in [3.8, 4) is 11.3 Å². The van der Waals surface area contributed by atoms with E-state index in [9.17, 15) is 5.11 Å². The van der Waals surface area contributed by atoms with Crippen LogP contribution in [0.5, 0.6) is 0 Å². The Labute approximate surface area is 145 Å². The highest BCUT2D eigenvalue weighted by atomic mass is 16.5. The Morgan fingerprint density at radius 3 is 3.12 bits per heavy atom. The average molecular weight is 342 g/mol. The van der Waals surface area contributed by atoms with E-state index in [2.05, 4.69) is 15.2 Å². The zero-order valence-corrected chi connectivity index (χ0v) is 14.2. The summed E-state index contributed by atoms with van der Waals surface area (Å²) in [6.45, 7) is 1.70. The highest BCUT2D eigenvalue weighted by Gasteiger charge is 2.29. The van der Waals surface area contributed by atoms with Gasteiger partial charge in [-0.1, -0.05) is 5.16 Å². The first-order valence-corrected chi connectivity index (χ1v) is 8.59. The van der Waals surface area contributed by atoms with Crippen LogP contribution in [0.3, 0.4) is 0 Å². The van der Waals surface area contributed by atoms with Gasteiger partial charge in [0.2, 0.25) is 0 Å². The Morgan fingerprint density at radius 1 is 1.44 bits per heavy atom. The van der Waals surface area contributed by atoms with E-state index in [4.69, 9.17) is 8.94 Å². The summed E-state index contributed by atoms with van der Waals surface area (Å²) in [5.41, 5.74) is 1.75. The van der Waals surface area contributed by atoms with Crippen LogP contribution in [-0.2, 0) is 13.6 Å². The molecular weight excluding hydrogens is 320 g/mol. The molecule has 0 spiro atoms. The van der Waals surface area contributed by atoms with Crippen LogP contribution < -0.4 is 0 Å². The van der Waals surface area contributed by atoms with E-state index in [1.165, 1.54) is 0 Å². The second-order valence-electron chi connectivity index (χ2n) is 6.61. The standard InChI is InChI=1S/C18H22N4O3/c1-21-11-13(10-19-21)16-9-15(25-20-16)12-22-6-2-4-14(22)8-17(23)18-5-3-7-24-18/h3,5,7,9-11,14,17,23H,2,4,6,8,12H2,1H3/t14-,17+/m1/s1. The maximum Gasteiger partial charge on any atom is 0.151 e. The largest absolute Gasteiger partial charge is 0.467 e. The number of nitrogens with zero attached hydrogens (tertiary/aromatic N) is 4. The molecule has 1 aliphatic rings. The van der Waals surface area contributed by atoms with Gasteiger partial charge in [-0.05, 0) is 37.9 Å². The first-order chi connectivity index (χ1) is 12.2. The van der Waals surface area contributed by atoms with E-state index in [1.54, 1.807) is 23.2 Å². The van der Waals surface area contributed by atoms with Gasteiger partial charge in [-0.3, -0.25) is 9.58 Å². The van der Waals surface area contributed by atoms with Crippen molar-refractivity contribution in [2.24, 2.45) is 7.05 Å². The third kappa shape index (κ3) is 3.52. The summed E-state index contributed by atoms with van der Waals surface area (Å²) in [6, 6.07) is 5.90. The third-order valence-corrected chi connectivity index (χ3v) is 4.78. The van der Waals surface area contributed by atoms with Crippen LogP contribution in [0.1, 0.15) is 36.9 Å². The monoisotopic (exact) mass is 342 g/mol. The van der Waals surface area contributed by atoms with Crippen LogP contribution in [0.2, 0.25) is 0 Å². The number of aryl methyl sites for hydroxylation is 1. The van der Waals surface area contributed by atoms with Crippen molar-refractivity contribution in [1.29, 1.82) is 0 Å². The number of aliphatic hydroxyl groups excluding tert-OH is 1. The molecule has 0 unspecified atom stereocenters. The quantitative estimate of drug-likeness (QED) is 0.742. The van der Waals surface area contributed by atoms with Crippen LogP contribution >= 0.6 is 0 Å². The molecule has 0 saturated carbocycles. The molecule has 7 nitrogen and oxygen atoms in total. The number of likely N-dealkylation sites (tertiary alicyclic amines) is 1. The third-order valence-electron chi connectivity index (χ3n) is 4.78. The second kappa shape index (κ2) is 6.85. The van der Waals surface area contributed by atoms with Gasteiger partial charge < -0.3 is 14.0 Å². The number of rotatable bonds is 6. The van der Waals surface area contributed by atoms with Gasteiger partial charge in [0.15, 0.2) is 5.76 Å². The summed E-state index contributed by atoms with van der Waals surface area (Å²) in [6.07, 6.45) is 7.58. The van der Waals surface area contributed by atoms with Crippen molar-refractivity contribution >= 4 is 0 Å². The fourth-order valence-corrected chi connectivity index (χ4v) is 3.50. The highest BCUT2D eigenvalue weighted by Crippen LogP contribution is 2.29. The number of hydrogen-bond acceptors (Lipinski definition) is 6. The Morgan fingerprint density at radius 2 is 2.36 bits per heavy atom. The molecule has 4 rings (SSSR count). The Balaban J connectivity index is 1.40. The van der Waals surface area contributed by atoms with E-state index >= 15 is 0 Å². The molecule has 132 valence electrons. The van der Waals surface area contributed by atoms with Gasteiger partial charge >= 0.3 is 0 Å². The summed E-state index contributed by atoms with van der Waals surface area (Å²) >= 11 is 0. The topological polar surface area (TPSA) is 80.5 Å². The first-order valence-electron chi connectivity index (χ1n) is 8.59. The smallest absolute Gasteiger partial charge is 0.151 e. The fraction of sp³-hybridized carbons (Fsp3) is 0.444. The molecule has 1 aliphatic heterocycles. The van der Waals surface area contributed by atoms with Gasteiger partial charge in [0.1, 0.15) is 17.6 Å². The molecule has 0 amide bonds. The van der Waals surface area contributed by atoms with Gasteiger partial charge in [-0.25, -0.2) is 0 Å². The highest BCUT2D eigenvalue weighted by molar-refractivity contribution is 5.56. The average Bonchev–Trinajstić information content (AvgIpc) is 3.35. The van der Waals surface area contributed by atoms with Crippen LogP contribution in [0.15, 0.2) is 45.8 Å². The Kier molecular flexibility index (Phi) is 4.42. The van der Waals surface area contributed by atoms with E-state index < -0.39 is 6.10 Å². The zero-order valence-electron chi connectivity index (χ0n) is 14.2. The van der Waals surface area contributed by atoms with E-state index in [-0.39, 0.29) is 0 Å². The van der Waals surface area contributed by atoms with Gasteiger partial charge in [-0.15, -0.1) is 0 Å². The number of aromatic nitrogens is 3. The molecular formula is C18H22N4O3. The lowest BCUT2D eigenvalue weighted by Gasteiger charge is -2.24. The lowest BCUT2D eigenvalue weighted by molar-refractivity contribution is 0.0962. The normalized spacial score (nSPS) is 19.5. The van der Waals surface area contributed by atoms with Crippen molar-refractivity contribution in [1.82, 2.24) is 19.8 Å². The van der Waals surface area contributed by atoms with Gasteiger partial charge in [0, 0.05) is 30.9 Å². The van der Waals surface area contributed by atoms with Crippen molar-refractivity contribution in [2.45, 2.75) is 38.0 Å². The lowest BCUT2D eigenvalue weighted by Crippen LogP contribution is -2.30. The molecule has 0 radical (unpaired) electrons. The zero-order chi connectivity index (χ0) is 17.2. The molecule has 1 fully saturated rings. The molecule has 25 heavy (non-hydrogen) atoms. The van der Waals surface area contributed by atoms with E-state index in [1.807, 2.05) is 25.4 Å². The molecule has 0 bridgehead atoms. The predicted octanol–water partition coefficient (Wildman–Crippen LogP) is 2.76. The summed E-state index contributed by atoms with van der Waals surface area (Å²) < 4.78 is 12.6. The molecule has 7 heteroatoms. The lowest BCUT2D eigenvalue weighted by atomic mass is 10.1. The van der Waals surface area contributed by atoms with Crippen LogP contribution in [0.25, 0.3) is 11.3 Å². The van der Waals surface area contributed by atoms with Crippen LogP contribution in [-0.4, -0.2) is 37.5 Å². The van der Waals surface area contributed by atoms with Crippen LogP contribution in [0, 0.1) is 0 Å². The van der Waals surface area contributed by atoms with Crippen molar-refractivity contribution in [3.63, 3.8) is 0 Å². The number of aliphatic hydroxyl groups is 1.